The summed E-state index contributed by atoms with van der Waals surface area (Å²) in [4.78, 5) is 28.6. The molecule has 1 aromatic carbocycles. The van der Waals surface area contributed by atoms with Gasteiger partial charge in [-0.25, -0.2) is 4.79 Å². The Labute approximate surface area is 144 Å². The number of urea groups is 1. The van der Waals surface area contributed by atoms with Crippen LogP contribution in [0.4, 0.5) is 10.5 Å². The first-order valence-corrected chi connectivity index (χ1v) is 9.04. The Morgan fingerprint density at radius 3 is 2.67 bits per heavy atom. The van der Waals surface area contributed by atoms with Crippen molar-refractivity contribution in [1.82, 2.24) is 9.80 Å². The van der Waals surface area contributed by atoms with Gasteiger partial charge in [-0.3, -0.25) is 4.79 Å². The van der Waals surface area contributed by atoms with Crippen molar-refractivity contribution < 1.29 is 9.59 Å². The first-order chi connectivity index (χ1) is 11.6. The molecule has 0 radical (unpaired) electrons. The maximum Gasteiger partial charge on any atom is 0.322 e. The van der Waals surface area contributed by atoms with Crippen LogP contribution in [0.1, 0.15) is 49.4 Å². The van der Waals surface area contributed by atoms with Gasteiger partial charge < -0.3 is 15.1 Å². The smallest absolute Gasteiger partial charge is 0.320 e. The predicted molar refractivity (Wildman–Crippen MR) is 95.5 cm³/mol. The first-order valence-electron chi connectivity index (χ1n) is 9.04. The third-order valence-electron chi connectivity index (χ3n) is 5.08. The number of piperidine rings is 1. The van der Waals surface area contributed by atoms with Crippen molar-refractivity contribution in [2.45, 2.75) is 45.1 Å². The van der Waals surface area contributed by atoms with Crippen LogP contribution < -0.4 is 5.32 Å². The molecule has 2 aliphatic heterocycles. The maximum atomic E-state index is 12.7. The Morgan fingerprint density at radius 2 is 1.92 bits per heavy atom. The van der Waals surface area contributed by atoms with Gasteiger partial charge >= 0.3 is 6.03 Å². The monoisotopic (exact) mass is 329 g/mol. The molecule has 2 aliphatic rings. The fourth-order valence-electron chi connectivity index (χ4n) is 3.74. The molecule has 1 atom stereocenters. The number of ketones is 1. The minimum Gasteiger partial charge on any atom is -0.320 e. The standard InChI is InChI=1S/C19H27N3O2/c1-15(23)16-7-5-8-17(13-16)20-19(24)22-12-6-9-18(22)14-21-10-3-2-4-11-21/h5,7-8,13,18H,2-4,6,9-12,14H2,1H3,(H,20,24)/t18-/m1/s1. The average molecular weight is 329 g/mol. The van der Waals surface area contributed by atoms with Gasteiger partial charge in [0.25, 0.3) is 0 Å². The minimum atomic E-state index is -0.0461. The Morgan fingerprint density at radius 1 is 1.12 bits per heavy atom. The fourth-order valence-corrected chi connectivity index (χ4v) is 3.74. The van der Waals surface area contributed by atoms with E-state index in [1.165, 1.54) is 26.2 Å². The van der Waals surface area contributed by atoms with Gasteiger partial charge in [-0.1, -0.05) is 18.6 Å². The highest BCUT2D eigenvalue weighted by molar-refractivity contribution is 5.96. The molecule has 5 nitrogen and oxygen atoms in total. The Kier molecular flexibility index (Phi) is 5.51. The Balaban J connectivity index is 1.60. The summed E-state index contributed by atoms with van der Waals surface area (Å²) in [7, 11) is 0. The van der Waals surface area contributed by atoms with Crippen LogP contribution >= 0.6 is 0 Å². The summed E-state index contributed by atoms with van der Waals surface area (Å²) in [6.45, 7) is 5.66. The van der Waals surface area contributed by atoms with E-state index in [1.807, 2.05) is 17.0 Å². The molecule has 1 N–H and O–H groups in total. The number of rotatable bonds is 4. The molecule has 24 heavy (non-hydrogen) atoms. The lowest BCUT2D eigenvalue weighted by Crippen LogP contribution is -2.46. The van der Waals surface area contributed by atoms with Crippen molar-refractivity contribution >= 4 is 17.5 Å². The van der Waals surface area contributed by atoms with Crippen LogP contribution in [0.2, 0.25) is 0 Å². The van der Waals surface area contributed by atoms with Gasteiger partial charge in [-0.2, -0.15) is 0 Å². The second-order valence-electron chi connectivity index (χ2n) is 6.92. The highest BCUT2D eigenvalue weighted by Gasteiger charge is 2.30. The molecule has 2 fully saturated rings. The quantitative estimate of drug-likeness (QED) is 0.862. The van der Waals surface area contributed by atoms with E-state index < -0.39 is 0 Å². The summed E-state index contributed by atoms with van der Waals surface area (Å²) < 4.78 is 0. The van der Waals surface area contributed by atoms with E-state index in [9.17, 15) is 9.59 Å². The summed E-state index contributed by atoms with van der Waals surface area (Å²) in [6, 6.07) is 7.42. The zero-order chi connectivity index (χ0) is 16.9. The van der Waals surface area contributed by atoms with Crippen LogP contribution in [-0.2, 0) is 0 Å². The molecule has 1 aromatic rings. The molecule has 0 saturated carbocycles. The zero-order valence-electron chi connectivity index (χ0n) is 14.5. The second-order valence-corrected chi connectivity index (χ2v) is 6.92. The number of likely N-dealkylation sites (tertiary alicyclic amines) is 2. The van der Waals surface area contributed by atoms with Crippen molar-refractivity contribution in [2.24, 2.45) is 0 Å². The topological polar surface area (TPSA) is 52.7 Å². The summed E-state index contributed by atoms with van der Waals surface area (Å²) in [6.07, 6.45) is 6.03. The molecule has 2 saturated heterocycles. The number of Topliss-reactive ketones (excluding diaryl/α,β-unsaturated/α-hetero) is 1. The molecular weight excluding hydrogens is 302 g/mol. The summed E-state index contributed by atoms with van der Waals surface area (Å²) in [5, 5.41) is 2.96. The normalized spacial score (nSPS) is 21.7. The molecule has 2 amide bonds. The van der Waals surface area contributed by atoms with E-state index in [4.69, 9.17) is 0 Å². The summed E-state index contributed by atoms with van der Waals surface area (Å²) in [5.41, 5.74) is 1.32. The minimum absolute atomic E-state index is 0.00949. The van der Waals surface area contributed by atoms with Crippen LogP contribution in [0.5, 0.6) is 0 Å². The average Bonchev–Trinajstić information content (AvgIpc) is 3.04. The summed E-state index contributed by atoms with van der Waals surface area (Å²) >= 11 is 0. The Hall–Kier alpha value is -1.88. The molecule has 0 aromatic heterocycles. The van der Waals surface area contributed by atoms with Crippen LogP contribution in [-0.4, -0.2) is 53.8 Å². The van der Waals surface area contributed by atoms with Gasteiger partial charge in [0.15, 0.2) is 5.78 Å². The second kappa shape index (κ2) is 7.79. The van der Waals surface area contributed by atoms with E-state index >= 15 is 0 Å². The van der Waals surface area contributed by atoms with Crippen molar-refractivity contribution in [3.05, 3.63) is 29.8 Å². The Bertz CT molecular complexity index is 596. The van der Waals surface area contributed by atoms with Crippen LogP contribution in [0.15, 0.2) is 24.3 Å². The maximum absolute atomic E-state index is 12.7. The number of hydrogen-bond acceptors (Lipinski definition) is 3. The number of carbonyl (C=O) groups excluding carboxylic acids is 2. The van der Waals surface area contributed by atoms with Gasteiger partial charge in [-0.15, -0.1) is 0 Å². The number of nitrogens with one attached hydrogen (secondary N) is 1. The van der Waals surface area contributed by atoms with E-state index in [-0.39, 0.29) is 11.8 Å². The largest absolute Gasteiger partial charge is 0.322 e. The van der Waals surface area contributed by atoms with Crippen LogP contribution in [0.3, 0.4) is 0 Å². The number of anilines is 1. The van der Waals surface area contributed by atoms with Gasteiger partial charge in [0.2, 0.25) is 0 Å². The number of hydrogen-bond donors (Lipinski definition) is 1. The molecule has 0 unspecified atom stereocenters. The molecule has 130 valence electrons. The van der Waals surface area contributed by atoms with Crippen molar-refractivity contribution in [3.8, 4) is 0 Å². The van der Waals surface area contributed by atoms with Gasteiger partial charge in [0, 0.05) is 30.4 Å². The van der Waals surface area contributed by atoms with E-state index in [0.717, 1.165) is 39.0 Å². The molecular formula is C19H27N3O2. The van der Waals surface area contributed by atoms with Gasteiger partial charge in [-0.05, 0) is 57.8 Å². The fraction of sp³-hybridized carbons (Fsp3) is 0.579. The lowest BCUT2D eigenvalue weighted by Gasteiger charge is -2.33. The number of benzene rings is 1. The predicted octanol–water partition coefficient (Wildman–Crippen LogP) is 3.37. The van der Waals surface area contributed by atoms with Crippen molar-refractivity contribution in [3.63, 3.8) is 0 Å². The molecule has 0 aliphatic carbocycles. The first kappa shape index (κ1) is 17.0. The van der Waals surface area contributed by atoms with Crippen molar-refractivity contribution in [2.75, 3.05) is 31.5 Å². The van der Waals surface area contributed by atoms with Crippen molar-refractivity contribution in [1.29, 1.82) is 0 Å². The lowest BCUT2D eigenvalue weighted by molar-refractivity contribution is 0.101. The third-order valence-corrected chi connectivity index (χ3v) is 5.08. The lowest BCUT2D eigenvalue weighted by atomic mass is 10.1. The molecule has 0 spiro atoms. The third kappa shape index (κ3) is 4.15. The van der Waals surface area contributed by atoms with Crippen LogP contribution in [0, 0.1) is 0 Å². The van der Waals surface area contributed by atoms with E-state index in [2.05, 4.69) is 10.2 Å². The highest BCUT2D eigenvalue weighted by Crippen LogP contribution is 2.22. The van der Waals surface area contributed by atoms with Gasteiger partial charge in [0.05, 0.1) is 0 Å². The number of nitrogens with zero attached hydrogens (tertiary/aromatic N) is 2. The van der Waals surface area contributed by atoms with Gasteiger partial charge in [0.1, 0.15) is 0 Å². The summed E-state index contributed by atoms with van der Waals surface area (Å²) in [5.74, 6) is 0.00949. The SMILES string of the molecule is CC(=O)c1cccc(NC(=O)N2CCC[C@@H]2CN2CCCCC2)c1. The van der Waals surface area contributed by atoms with Crippen LogP contribution in [0.25, 0.3) is 0 Å². The van der Waals surface area contributed by atoms with E-state index in [0.29, 0.717) is 17.3 Å². The zero-order valence-corrected chi connectivity index (χ0v) is 14.5. The number of carbonyl (C=O) groups is 2. The molecule has 3 rings (SSSR count). The molecule has 0 bridgehead atoms. The molecule has 5 heteroatoms. The molecule has 2 heterocycles. The van der Waals surface area contributed by atoms with E-state index in [1.54, 1.807) is 12.1 Å². The number of amides is 2. The highest BCUT2D eigenvalue weighted by atomic mass is 16.2.